The Kier molecular flexibility index (Phi) is 3.36. The summed E-state index contributed by atoms with van der Waals surface area (Å²) < 4.78 is 0. The lowest BCUT2D eigenvalue weighted by Gasteiger charge is -2.25. The van der Waals surface area contributed by atoms with Crippen LogP contribution in [0.1, 0.15) is 47.3 Å². The van der Waals surface area contributed by atoms with Gasteiger partial charge in [0.05, 0.1) is 5.69 Å². The maximum atomic E-state index is 11.6. The number of anilines is 1. The lowest BCUT2D eigenvalue weighted by molar-refractivity contribution is 0.0696. The van der Waals surface area contributed by atoms with E-state index in [4.69, 9.17) is 0 Å². The molecule has 1 heterocycles. The summed E-state index contributed by atoms with van der Waals surface area (Å²) in [6, 6.07) is 0. The Hall–Kier alpha value is -1.65. The van der Waals surface area contributed by atoms with Crippen LogP contribution in [0.25, 0.3) is 0 Å². The summed E-state index contributed by atoms with van der Waals surface area (Å²) in [5.41, 5.74) is 1.77. The molecule has 0 aliphatic heterocycles. The summed E-state index contributed by atoms with van der Waals surface area (Å²) in [6.07, 6.45) is 5.01. The van der Waals surface area contributed by atoms with Gasteiger partial charge in [-0.05, 0) is 56.9 Å². The molecule has 3 rings (SSSR count). The van der Waals surface area contributed by atoms with Crippen LogP contribution in [0.15, 0.2) is 0 Å². The number of aromatic nitrogens is 2. The van der Waals surface area contributed by atoms with Gasteiger partial charge in [0.1, 0.15) is 5.56 Å². The summed E-state index contributed by atoms with van der Waals surface area (Å²) in [6.45, 7) is 5.48. The predicted molar refractivity (Wildman–Crippen MR) is 76.1 cm³/mol. The highest BCUT2D eigenvalue weighted by Crippen LogP contribution is 2.36. The van der Waals surface area contributed by atoms with Crippen molar-refractivity contribution in [3.8, 4) is 0 Å². The molecule has 20 heavy (non-hydrogen) atoms. The van der Waals surface area contributed by atoms with Crippen molar-refractivity contribution in [3.05, 3.63) is 16.8 Å². The first-order chi connectivity index (χ1) is 9.56. The number of aromatic carboxylic acids is 1. The smallest absolute Gasteiger partial charge is 0.339 e. The molecule has 1 aromatic rings. The molecule has 1 aromatic heterocycles. The van der Waals surface area contributed by atoms with Crippen LogP contribution >= 0.6 is 0 Å². The fraction of sp³-hybridized carbons (Fsp3) is 0.667. The van der Waals surface area contributed by atoms with Gasteiger partial charge in [0, 0.05) is 13.1 Å². The Labute approximate surface area is 119 Å². The van der Waals surface area contributed by atoms with Crippen LogP contribution in [0.4, 0.5) is 5.82 Å². The SMILES string of the molecule is Cc1nnc(N(CC2CC2)CC2CC2)c(C(=O)O)c1C. The van der Waals surface area contributed by atoms with E-state index in [0.717, 1.165) is 18.7 Å². The fourth-order valence-corrected chi connectivity index (χ4v) is 2.55. The van der Waals surface area contributed by atoms with Crippen molar-refractivity contribution in [2.75, 3.05) is 18.0 Å². The van der Waals surface area contributed by atoms with Crippen molar-refractivity contribution in [1.29, 1.82) is 0 Å². The summed E-state index contributed by atoms with van der Waals surface area (Å²) in [5.74, 6) is 1.09. The molecule has 108 valence electrons. The quantitative estimate of drug-likeness (QED) is 0.863. The van der Waals surface area contributed by atoms with Gasteiger partial charge in [0.15, 0.2) is 5.82 Å². The zero-order valence-electron chi connectivity index (χ0n) is 12.1. The topological polar surface area (TPSA) is 66.3 Å². The second-order valence-electron chi connectivity index (χ2n) is 6.21. The molecule has 0 radical (unpaired) electrons. The number of aryl methyl sites for hydroxylation is 1. The van der Waals surface area contributed by atoms with Crippen LogP contribution in [0, 0.1) is 25.7 Å². The number of carboxylic acid groups (broad SMARTS) is 1. The van der Waals surface area contributed by atoms with E-state index in [-0.39, 0.29) is 0 Å². The summed E-state index contributed by atoms with van der Waals surface area (Å²) in [7, 11) is 0. The summed E-state index contributed by atoms with van der Waals surface area (Å²) >= 11 is 0. The maximum absolute atomic E-state index is 11.6. The second kappa shape index (κ2) is 5.04. The van der Waals surface area contributed by atoms with Crippen molar-refractivity contribution in [2.24, 2.45) is 11.8 Å². The molecular weight excluding hydrogens is 254 g/mol. The minimum absolute atomic E-state index is 0.332. The third-order valence-electron chi connectivity index (χ3n) is 4.30. The van der Waals surface area contributed by atoms with Gasteiger partial charge in [0.2, 0.25) is 0 Å². The molecule has 1 N–H and O–H groups in total. The van der Waals surface area contributed by atoms with E-state index in [0.29, 0.717) is 28.9 Å². The predicted octanol–water partition coefficient (Wildman–Crippen LogP) is 2.42. The molecule has 0 saturated heterocycles. The van der Waals surface area contributed by atoms with Crippen LogP contribution in [-0.2, 0) is 0 Å². The van der Waals surface area contributed by atoms with Gasteiger partial charge in [-0.15, -0.1) is 5.10 Å². The molecule has 0 amide bonds. The van der Waals surface area contributed by atoms with Crippen molar-refractivity contribution in [1.82, 2.24) is 10.2 Å². The summed E-state index contributed by atoms with van der Waals surface area (Å²) in [4.78, 5) is 13.8. The lowest BCUT2D eigenvalue weighted by Crippen LogP contribution is -2.31. The Morgan fingerprint density at radius 3 is 2.15 bits per heavy atom. The van der Waals surface area contributed by atoms with Gasteiger partial charge in [-0.1, -0.05) is 0 Å². The molecule has 5 heteroatoms. The standard InChI is InChI=1S/C15H21N3O2/c1-9-10(2)16-17-14(13(9)15(19)20)18(7-11-3-4-11)8-12-5-6-12/h11-12H,3-8H2,1-2H3,(H,19,20). The minimum atomic E-state index is -0.896. The van der Waals surface area contributed by atoms with E-state index in [1.54, 1.807) is 0 Å². The van der Waals surface area contributed by atoms with E-state index >= 15 is 0 Å². The number of carbonyl (C=O) groups is 1. The van der Waals surface area contributed by atoms with Gasteiger partial charge in [-0.2, -0.15) is 5.10 Å². The average molecular weight is 275 g/mol. The van der Waals surface area contributed by atoms with Crippen LogP contribution in [-0.4, -0.2) is 34.4 Å². The van der Waals surface area contributed by atoms with Gasteiger partial charge >= 0.3 is 5.97 Å². The highest BCUT2D eigenvalue weighted by molar-refractivity contribution is 5.95. The molecule has 0 atom stereocenters. The zero-order chi connectivity index (χ0) is 14.3. The van der Waals surface area contributed by atoms with Gasteiger partial charge < -0.3 is 10.0 Å². The largest absolute Gasteiger partial charge is 0.478 e. The third kappa shape index (κ3) is 2.76. The van der Waals surface area contributed by atoms with Crippen molar-refractivity contribution >= 4 is 11.8 Å². The van der Waals surface area contributed by atoms with Crippen molar-refractivity contribution in [3.63, 3.8) is 0 Å². The molecule has 2 fully saturated rings. The van der Waals surface area contributed by atoms with E-state index in [2.05, 4.69) is 15.1 Å². The van der Waals surface area contributed by atoms with Crippen molar-refractivity contribution < 1.29 is 9.90 Å². The lowest BCUT2D eigenvalue weighted by atomic mass is 10.1. The number of carboxylic acids is 1. The first-order valence-corrected chi connectivity index (χ1v) is 7.38. The molecule has 2 aliphatic carbocycles. The van der Waals surface area contributed by atoms with Gasteiger partial charge in [-0.25, -0.2) is 4.79 Å². The average Bonchev–Trinajstić information content (AvgIpc) is 3.26. The molecule has 2 saturated carbocycles. The molecule has 2 aliphatic rings. The van der Waals surface area contributed by atoms with Gasteiger partial charge in [0.25, 0.3) is 0 Å². The molecule has 0 spiro atoms. The fourth-order valence-electron chi connectivity index (χ4n) is 2.55. The van der Waals surface area contributed by atoms with Gasteiger partial charge in [-0.3, -0.25) is 0 Å². The molecule has 5 nitrogen and oxygen atoms in total. The Morgan fingerprint density at radius 2 is 1.70 bits per heavy atom. The normalized spacial score (nSPS) is 18.1. The van der Waals surface area contributed by atoms with E-state index < -0.39 is 5.97 Å². The molecule has 0 aromatic carbocycles. The second-order valence-corrected chi connectivity index (χ2v) is 6.21. The minimum Gasteiger partial charge on any atom is -0.478 e. The zero-order valence-corrected chi connectivity index (χ0v) is 12.1. The van der Waals surface area contributed by atoms with Crippen LogP contribution in [0.2, 0.25) is 0 Å². The monoisotopic (exact) mass is 275 g/mol. The number of hydrogen-bond acceptors (Lipinski definition) is 4. The van der Waals surface area contributed by atoms with E-state index in [1.807, 2.05) is 13.8 Å². The highest BCUT2D eigenvalue weighted by Gasteiger charge is 2.32. The number of nitrogens with zero attached hydrogens (tertiary/aromatic N) is 3. The van der Waals surface area contributed by atoms with Crippen LogP contribution < -0.4 is 4.90 Å². The summed E-state index contributed by atoms with van der Waals surface area (Å²) in [5, 5.41) is 17.9. The molecular formula is C15H21N3O2. The molecule has 0 bridgehead atoms. The third-order valence-corrected chi connectivity index (χ3v) is 4.30. The Morgan fingerprint density at radius 1 is 1.15 bits per heavy atom. The first kappa shape index (κ1) is 13.3. The number of rotatable bonds is 6. The van der Waals surface area contributed by atoms with E-state index in [1.165, 1.54) is 25.7 Å². The molecule has 0 unspecified atom stereocenters. The first-order valence-electron chi connectivity index (χ1n) is 7.38. The van der Waals surface area contributed by atoms with Crippen LogP contribution in [0.3, 0.4) is 0 Å². The number of hydrogen-bond donors (Lipinski definition) is 1. The Balaban J connectivity index is 1.95. The maximum Gasteiger partial charge on any atom is 0.339 e. The van der Waals surface area contributed by atoms with Crippen LogP contribution in [0.5, 0.6) is 0 Å². The highest BCUT2D eigenvalue weighted by atomic mass is 16.4. The van der Waals surface area contributed by atoms with Crippen molar-refractivity contribution in [2.45, 2.75) is 39.5 Å². The Bertz CT molecular complexity index is 522. The van der Waals surface area contributed by atoms with E-state index in [9.17, 15) is 9.90 Å².